The fourth-order valence-electron chi connectivity index (χ4n) is 11.4. The summed E-state index contributed by atoms with van der Waals surface area (Å²) in [7, 11) is 0. The average Bonchev–Trinajstić information content (AvgIpc) is 3.69. The van der Waals surface area contributed by atoms with E-state index in [2.05, 4.69) is 45.3 Å². The molecular weight excluding hydrogens is 553 g/mol. The third-order valence-electron chi connectivity index (χ3n) is 13.5. The number of nitrogens with one attached hydrogen (secondary N) is 2. The fraction of sp³-hybridized carbons (Fsp3) is 0.941. The standard InChI is InChI=1S/C34H56N4O4.Mg/c1-7-19-15(3)23-13-28-31(18(6)39)17(5)25(36-28)12-24-16(4)21(9-10-30(41)42)33(37-24)22-11-29(40)32-20(8-2)27(38-34(22)32)14-26(19)35-23;/h15-28,31-35,37,39H,7-14H2,1-6H3,(H,41,42);/q-2;+2/t15?,16-,17?,18?,19?,20?,21-,22?,23?,24?,25?,26?,27?,28?,31?,32?,33?,34?;/m0./s1. The molecule has 0 aromatic carbocycles. The summed E-state index contributed by atoms with van der Waals surface area (Å²) in [6.45, 7) is 13.5. The third-order valence-corrected chi connectivity index (χ3v) is 13.5. The predicted octanol–water partition coefficient (Wildman–Crippen LogP) is 4.36. The topological polar surface area (TPSA) is 127 Å². The Labute approximate surface area is 275 Å². The molecule has 8 nitrogen and oxygen atoms in total. The zero-order valence-corrected chi connectivity index (χ0v) is 28.8. The molecule has 6 fully saturated rings. The number of hydrogen-bond donors (Lipinski definition) is 4. The summed E-state index contributed by atoms with van der Waals surface area (Å²) in [5.41, 5.74) is 0. The number of rotatable bonds is 6. The third kappa shape index (κ3) is 6.00. The van der Waals surface area contributed by atoms with Crippen molar-refractivity contribution >= 4 is 34.8 Å². The molecule has 1 saturated carbocycles. The first kappa shape index (κ1) is 34.1. The molecule has 6 rings (SSSR count). The molecule has 16 unspecified atom stereocenters. The van der Waals surface area contributed by atoms with Crippen LogP contribution in [-0.4, -0.2) is 99.5 Å². The molecule has 18 atom stereocenters. The number of aliphatic hydroxyl groups excluding tert-OH is 1. The molecule has 0 spiro atoms. The number of carbonyl (C=O) groups excluding carboxylic acids is 1. The van der Waals surface area contributed by atoms with Crippen molar-refractivity contribution in [2.75, 3.05) is 0 Å². The summed E-state index contributed by atoms with van der Waals surface area (Å²) >= 11 is 0. The van der Waals surface area contributed by atoms with Crippen molar-refractivity contribution in [3.63, 3.8) is 0 Å². The number of hydrogen-bond acceptors (Lipinski definition) is 5. The van der Waals surface area contributed by atoms with Crippen LogP contribution in [0.4, 0.5) is 0 Å². The van der Waals surface area contributed by atoms with E-state index in [0.717, 1.165) is 32.1 Å². The SMILES string of the molecule is CCC1C2CC3[N-]C4C(CC(=O)C4C3CC)C3NC(CC4[N-]C(CC(N2)C1C)C(C(C)O)C4C)[C@@H](C)[C@@H]3CCC(=O)O.[Mg+2]. The Morgan fingerprint density at radius 3 is 2.16 bits per heavy atom. The smallest absolute Gasteiger partial charge is 0.656 e. The monoisotopic (exact) mass is 608 g/mol. The number of Topliss-reactive ketones (excluding diaryl/α,β-unsaturated/α-hetero) is 1. The van der Waals surface area contributed by atoms with Gasteiger partial charge in [-0.2, -0.15) is 0 Å². The van der Waals surface area contributed by atoms with Gasteiger partial charge in [-0.1, -0.05) is 72.6 Å². The van der Waals surface area contributed by atoms with Crippen molar-refractivity contribution in [1.82, 2.24) is 10.6 Å². The molecule has 5 aliphatic heterocycles. The predicted molar refractivity (Wildman–Crippen MR) is 170 cm³/mol. The van der Waals surface area contributed by atoms with E-state index in [-0.39, 0.29) is 89.4 Å². The normalized spacial score (nSPS) is 51.4. The van der Waals surface area contributed by atoms with Crippen LogP contribution in [0, 0.1) is 53.3 Å². The molecule has 238 valence electrons. The van der Waals surface area contributed by atoms with E-state index < -0.39 is 12.1 Å². The maximum Gasteiger partial charge on any atom is 2.00 e. The Hall–Kier alpha value is -0.294. The molecule has 8 bridgehead atoms. The van der Waals surface area contributed by atoms with Gasteiger partial charge in [-0.05, 0) is 54.8 Å². The summed E-state index contributed by atoms with van der Waals surface area (Å²) < 4.78 is 0. The van der Waals surface area contributed by atoms with Crippen LogP contribution in [0.15, 0.2) is 0 Å². The summed E-state index contributed by atoms with van der Waals surface area (Å²) in [5, 5.41) is 39.7. The van der Waals surface area contributed by atoms with Gasteiger partial charge in [0.1, 0.15) is 5.78 Å². The maximum absolute atomic E-state index is 13.7. The molecule has 0 aromatic heterocycles. The van der Waals surface area contributed by atoms with E-state index in [4.69, 9.17) is 10.6 Å². The minimum atomic E-state index is -0.746. The Kier molecular flexibility index (Phi) is 10.6. The Bertz CT molecular complexity index is 1010. The Morgan fingerprint density at radius 1 is 0.884 bits per heavy atom. The number of fused-ring (bicyclic) bond motifs is 8. The zero-order valence-electron chi connectivity index (χ0n) is 27.4. The Morgan fingerprint density at radius 2 is 1.51 bits per heavy atom. The first-order valence-electron chi connectivity index (χ1n) is 17.4. The zero-order chi connectivity index (χ0) is 30.0. The van der Waals surface area contributed by atoms with Crippen molar-refractivity contribution in [2.45, 2.75) is 147 Å². The summed E-state index contributed by atoms with van der Waals surface area (Å²) in [4.78, 5) is 25.4. The van der Waals surface area contributed by atoms with Gasteiger partial charge in [0, 0.05) is 42.9 Å². The van der Waals surface area contributed by atoms with Gasteiger partial charge in [0.2, 0.25) is 0 Å². The van der Waals surface area contributed by atoms with Gasteiger partial charge in [0.25, 0.3) is 0 Å². The van der Waals surface area contributed by atoms with E-state index in [9.17, 15) is 19.8 Å². The summed E-state index contributed by atoms with van der Waals surface area (Å²) in [5.74, 6) is 2.16. The number of carbonyl (C=O) groups is 2. The second-order valence-corrected chi connectivity index (χ2v) is 15.4. The van der Waals surface area contributed by atoms with Crippen LogP contribution in [0.2, 0.25) is 0 Å². The van der Waals surface area contributed by atoms with E-state index in [1.165, 1.54) is 0 Å². The number of carboxylic acid groups (broad SMARTS) is 1. The summed E-state index contributed by atoms with van der Waals surface area (Å²) in [6, 6.07) is 1.63. The van der Waals surface area contributed by atoms with Crippen molar-refractivity contribution in [3.05, 3.63) is 10.6 Å². The molecule has 4 N–H and O–H groups in total. The first-order valence-corrected chi connectivity index (χ1v) is 17.4. The molecule has 5 saturated heterocycles. The van der Waals surface area contributed by atoms with E-state index in [1.807, 2.05) is 6.92 Å². The average molecular weight is 609 g/mol. The molecule has 0 amide bonds. The van der Waals surface area contributed by atoms with Gasteiger partial charge in [0.15, 0.2) is 0 Å². The van der Waals surface area contributed by atoms with Gasteiger partial charge in [-0.3, -0.25) is 9.59 Å². The minimum Gasteiger partial charge on any atom is -0.656 e. The number of aliphatic carboxylic acids is 1. The molecular formula is C34H56MgN4O4. The van der Waals surface area contributed by atoms with Crippen LogP contribution in [0.5, 0.6) is 0 Å². The maximum atomic E-state index is 13.7. The molecule has 0 aromatic rings. The van der Waals surface area contributed by atoms with Gasteiger partial charge in [-0.25, -0.2) is 0 Å². The molecule has 5 heterocycles. The molecule has 43 heavy (non-hydrogen) atoms. The van der Waals surface area contributed by atoms with Crippen LogP contribution >= 0.6 is 0 Å². The van der Waals surface area contributed by atoms with Crippen LogP contribution in [0.3, 0.4) is 0 Å². The fourth-order valence-corrected chi connectivity index (χ4v) is 11.4. The number of nitrogens with zero attached hydrogens (tertiary/aromatic N) is 2. The van der Waals surface area contributed by atoms with Crippen molar-refractivity contribution in [1.29, 1.82) is 0 Å². The van der Waals surface area contributed by atoms with E-state index in [0.29, 0.717) is 60.3 Å². The molecule has 9 heteroatoms. The number of carboxylic acids is 1. The molecule has 1 aliphatic carbocycles. The van der Waals surface area contributed by atoms with Gasteiger partial charge in [0.05, 0.1) is 6.10 Å². The van der Waals surface area contributed by atoms with Gasteiger partial charge < -0.3 is 31.5 Å². The van der Waals surface area contributed by atoms with E-state index >= 15 is 0 Å². The minimum absolute atomic E-state index is 0. The van der Waals surface area contributed by atoms with Crippen LogP contribution in [-0.2, 0) is 9.59 Å². The van der Waals surface area contributed by atoms with Crippen molar-refractivity contribution in [3.8, 4) is 0 Å². The van der Waals surface area contributed by atoms with Crippen molar-refractivity contribution in [2.24, 2.45) is 53.3 Å². The second-order valence-electron chi connectivity index (χ2n) is 15.4. The quantitative estimate of drug-likeness (QED) is 0.332. The molecule has 6 aliphatic rings. The second kappa shape index (κ2) is 13.4. The van der Waals surface area contributed by atoms with Gasteiger partial charge >= 0.3 is 29.0 Å². The van der Waals surface area contributed by atoms with Crippen LogP contribution in [0.25, 0.3) is 10.6 Å². The van der Waals surface area contributed by atoms with E-state index in [1.54, 1.807) is 0 Å². The van der Waals surface area contributed by atoms with Crippen LogP contribution in [0.1, 0.15) is 92.9 Å². The first-order chi connectivity index (χ1) is 20.0. The van der Waals surface area contributed by atoms with Gasteiger partial charge in [-0.15, -0.1) is 24.2 Å². The number of aliphatic hydroxyl groups is 1. The summed E-state index contributed by atoms with van der Waals surface area (Å²) in [6.07, 6.45) is 5.93. The Balaban J connectivity index is 0.00000368. The van der Waals surface area contributed by atoms with Crippen LogP contribution < -0.4 is 10.6 Å². The van der Waals surface area contributed by atoms with Crippen molar-refractivity contribution < 1.29 is 19.8 Å². The largest absolute Gasteiger partial charge is 2.00 e. The number of ketones is 1. The molecule has 0 radical (unpaired) electrons.